The van der Waals surface area contributed by atoms with Crippen molar-refractivity contribution in [3.63, 3.8) is 0 Å². The highest BCUT2D eigenvalue weighted by molar-refractivity contribution is 4.81. The fourth-order valence-corrected chi connectivity index (χ4v) is 2.67. The lowest BCUT2D eigenvalue weighted by Gasteiger charge is -2.20. The second-order valence-corrected chi connectivity index (χ2v) is 5.82. The molecule has 0 amide bonds. The summed E-state index contributed by atoms with van der Waals surface area (Å²) in [5.74, 6) is 1.85. The van der Waals surface area contributed by atoms with Gasteiger partial charge in [0.25, 0.3) is 0 Å². The van der Waals surface area contributed by atoms with Crippen LogP contribution in [-0.4, -0.2) is 12.1 Å². The summed E-state index contributed by atoms with van der Waals surface area (Å²) in [6.45, 7) is 9.31. The average Bonchev–Trinajstić information content (AvgIpc) is 2.62. The van der Waals surface area contributed by atoms with E-state index in [1.165, 1.54) is 38.5 Å². The summed E-state index contributed by atoms with van der Waals surface area (Å²) >= 11 is 0. The zero-order valence-corrected chi connectivity index (χ0v) is 11.1. The Morgan fingerprint density at radius 3 is 2.40 bits per heavy atom. The quantitative estimate of drug-likeness (QED) is 0.701. The molecule has 90 valence electrons. The maximum absolute atomic E-state index is 3.80. The number of hydrogen-bond donors (Lipinski definition) is 1. The van der Waals surface area contributed by atoms with Crippen molar-refractivity contribution in [2.45, 2.75) is 78.3 Å². The van der Waals surface area contributed by atoms with Gasteiger partial charge in [0.2, 0.25) is 0 Å². The van der Waals surface area contributed by atoms with E-state index in [1.54, 1.807) is 0 Å². The molecule has 1 saturated carbocycles. The zero-order valence-electron chi connectivity index (χ0n) is 11.1. The van der Waals surface area contributed by atoms with Crippen LogP contribution in [0.3, 0.4) is 0 Å². The van der Waals surface area contributed by atoms with Crippen LogP contribution in [0.4, 0.5) is 0 Å². The first-order chi connectivity index (χ1) is 7.11. The highest BCUT2D eigenvalue weighted by atomic mass is 14.9. The smallest absolute Gasteiger partial charge is 0.00722 e. The second-order valence-electron chi connectivity index (χ2n) is 5.82. The lowest BCUT2D eigenvalue weighted by molar-refractivity contribution is 0.391. The summed E-state index contributed by atoms with van der Waals surface area (Å²) in [5, 5.41) is 3.80. The number of rotatable bonds is 6. The maximum atomic E-state index is 3.80. The standard InChI is InChI=1S/C14H29N/c1-5-13-8-9-14(10-13)15-12(4)7-6-11(2)3/h11-15H,5-10H2,1-4H3. The third-order valence-corrected chi connectivity index (χ3v) is 3.82. The van der Waals surface area contributed by atoms with E-state index < -0.39 is 0 Å². The summed E-state index contributed by atoms with van der Waals surface area (Å²) in [6.07, 6.45) is 8.35. The van der Waals surface area contributed by atoms with E-state index in [4.69, 9.17) is 0 Å². The van der Waals surface area contributed by atoms with Gasteiger partial charge in [-0.25, -0.2) is 0 Å². The molecule has 0 heterocycles. The van der Waals surface area contributed by atoms with Crippen molar-refractivity contribution in [3.8, 4) is 0 Å². The summed E-state index contributed by atoms with van der Waals surface area (Å²) in [4.78, 5) is 0. The molecule has 3 atom stereocenters. The first kappa shape index (κ1) is 13.0. The first-order valence-electron chi connectivity index (χ1n) is 6.87. The molecule has 0 aromatic rings. The summed E-state index contributed by atoms with van der Waals surface area (Å²) in [7, 11) is 0. The molecule has 0 radical (unpaired) electrons. The normalized spacial score (nSPS) is 28.6. The molecule has 1 aliphatic carbocycles. The van der Waals surface area contributed by atoms with Gasteiger partial charge in [0.1, 0.15) is 0 Å². The van der Waals surface area contributed by atoms with Gasteiger partial charge in [0.15, 0.2) is 0 Å². The minimum Gasteiger partial charge on any atom is -0.311 e. The number of hydrogen-bond acceptors (Lipinski definition) is 1. The monoisotopic (exact) mass is 211 g/mol. The van der Waals surface area contributed by atoms with Crippen molar-refractivity contribution < 1.29 is 0 Å². The van der Waals surface area contributed by atoms with Crippen molar-refractivity contribution in [2.24, 2.45) is 11.8 Å². The molecule has 15 heavy (non-hydrogen) atoms. The van der Waals surface area contributed by atoms with Gasteiger partial charge in [-0.05, 0) is 50.9 Å². The fourth-order valence-electron chi connectivity index (χ4n) is 2.67. The first-order valence-corrected chi connectivity index (χ1v) is 6.87. The van der Waals surface area contributed by atoms with E-state index in [2.05, 4.69) is 33.0 Å². The molecular weight excluding hydrogens is 182 g/mol. The molecule has 0 saturated heterocycles. The molecule has 1 N–H and O–H groups in total. The second kappa shape index (κ2) is 6.52. The van der Waals surface area contributed by atoms with Gasteiger partial charge >= 0.3 is 0 Å². The summed E-state index contributed by atoms with van der Waals surface area (Å²) in [6, 6.07) is 1.53. The van der Waals surface area contributed by atoms with Crippen molar-refractivity contribution in [2.75, 3.05) is 0 Å². The Balaban J connectivity index is 2.13. The fraction of sp³-hybridized carbons (Fsp3) is 1.00. The van der Waals surface area contributed by atoms with E-state index in [0.29, 0.717) is 6.04 Å². The molecule has 1 rings (SSSR count). The van der Waals surface area contributed by atoms with Crippen LogP contribution in [0.1, 0.15) is 66.2 Å². The van der Waals surface area contributed by atoms with Gasteiger partial charge in [0.05, 0.1) is 0 Å². The van der Waals surface area contributed by atoms with Crippen molar-refractivity contribution in [3.05, 3.63) is 0 Å². The van der Waals surface area contributed by atoms with Gasteiger partial charge in [-0.3, -0.25) is 0 Å². The van der Waals surface area contributed by atoms with Crippen molar-refractivity contribution >= 4 is 0 Å². The topological polar surface area (TPSA) is 12.0 Å². The van der Waals surface area contributed by atoms with Gasteiger partial charge in [-0.15, -0.1) is 0 Å². The van der Waals surface area contributed by atoms with Crippen LogP contribution in [0.25, 0.3) is 0 Å². The van der Waals surface area contributed by atoms with Crippen LogP contribution >= 0.6 is 0 Å². The minimum absolute atomic E-state index is 0.716. The number of nitrogens with one attached hydrogen (secondary N) is 1. The Morgan fingerprint density at radius 2 is 1.87 bits per heavy atom. The Kier molecular flexibility index (Phi) is 5.66. The molecule has 0 aliphatic heterocycles. The molecular formula is C14H29N. The highest BCUT2D eigenvalue weighted by Gasteiger charge is 2.23. The average molecular weight is 211 g/mol. The Bertz CT molecular complexity index is 165. The largest absolute Gasteiger partial charge is 0.311 e. The molecule has 1 nitrogen and oxygen atoms in total. The lowest BCUT2D eigenvalue weighted by atomic mass is 10.0. The molecule has 1 heteroatoms. The van der Waals surface area contributed by atoms with Crippen LogP contribution in [-0.2, 0) is 0 Å². The lowest BCUT2D eigenvalue weighted by Crippen LogP contribution is -2.35. The van der Waals surface area contributed by atoms with E-state index in [9.17, 15) is 0 Å². The Hall–Kier alpha value is -0.0400. The third kappa shape index (κ3) is 5.01. The SMILES string of the molecule is CCC1CCC(NC(C)CCC(C)C)C1. The van der Waals surface area contributed by atoms with Crippen LogP contribution in [0.15, 0.2) is 0 Å². The van der Waals surface area contributed by atoms with Crippen LogP contribution < -0.4 is 5.32 Å². The maximum Gasteiger partial charge on any atom is 0.00722 e. The zero-order chi connectivity index (χ0) is 11.3. The van der Waals surface area contributed by atoms with E-state index in [1.807, 2.05) is 0 Å². The summed E-state index contributed by atoms with van der Waals surface area (Å²) < 4.78 is 0. The predicted molar refractivity (Wildman–Crippen MR) is 68.1 cm³/mol. The van der Waals surface area contributed by atoms with E-state index in [0.717, 1.165) is 17.9 Å². The van der Waals surface area contributed by atoms with Gasteiger partial charge < -0.3 is 5.32 Å². The Morgan fingerprint density at radius 1 is 1.13 bits per heavy atom. The van der Waals surface area contributed by atoms with Crippen LogP contribution in [0.2, 0.25) is 0 Å². The summed E-state index contributed by atoms with van der Waals surface area (Å²) in [5.41, 5.74) is 0. The highest BCUT2D eigenvalue weighted by Crippen LogP contribution is 2.28. The van der Waals surface area contributed by atoms with Crippen molar-refractivity contribution in [1.82, 2.24) is 5.32 Å². The van der Waals surface area contributed by atoms with Gasteiger partial charge in [-0.1, -0.05) is 27.2 Å². The molecule has 0 bridgehead atoms. The molecule has 0 aromatic heterocycles. The van der Waals surface area contributed by atoms with Crippen LogP contribution in [0, 0.1) is 11.8 Å². The Labute approximate surface area is 96.0 Å². The molecule has 0 spiro atoms. The van der Waals surface area contributed by atoms with E-state index >= 15 is 0 Å². The molecule has 1 aliphatic rings. The van der Waals surface area contributed by atoms with E-state index in [-0.39, 0.29) is 0 Å². The minimum atomic E-state index is 0.716. The molecule has 3 unspecified atom stereocenters. The predicted octanol–water partition coefficient (Wildman–Crippen LogP) is 3.98. The van der Waals surface area contributed by atoms with Gasteiger partial charge in [0, 0.05) is 12.1 Å². The molecule has 1 fully saturated rings. The van der Waals surface area contributed by atoms with Crippen molar-refractivity contribution in [1.29, 1.82) is 0 Å². The molecule has 0 aromatic carbocycles. The van der Waals surface area contributed by atoms with Crippen LogP contribution in [0.5, 0.6) is 0 Å². The van der Waals surface area contributed by atoms with Gasteiger partial charge in [-0.2, -0.15) is 0 Å². The third-order valence-electron chi connectivity index (χ3n) is 3.82.